The van der Waals surface area contributed by atoms with Gasteiger partial charge in [-0.15, -0.1) is 0 Å². The summed E-state index contributed by atoms with van der Waals surface area (Å²) in [5, 5.41) is 3.23. The molecule has 108 valence electrons. The maximum Gasteiger partial charge on any atom is 0.223 e. The molecule has 0 unspecified atom stereocenters. The fraction of sp³-hybridized carbons (Fsp3) is 0.562. The number of carbonyl (C=O) groups excluding carboxylic acids is 1. The standard InChI is InChI=1S/C16H22N2O2/c1-20-15-6-2-12(3-7-15)11-18(14-4-5-14)16(19)8-13-9-17-10-13/h2-3,6-7,13-14,17H,4-5,8-11H2,1H3. The molecule has 1 saturated heterocycles. The summed E-state index contributed by atoms with van der Waals surface area (Å²) in [6.07, 6.45) is 3.01. The van der Waals surface area contributed by atoms with Crippen LogP contribution in [0.2, 0.25) is 0 Å². The Morgan fingerprint density at radius 1 is 1.30 bits per heavy atom. The Balaban J connectivity index is 1.62. The Kier molecular flexibility index (Phi) is 3.92. The van der Waals surface area contributed by atoms with E-state index in [9.17, 15) is 4.79 Å². The highest BCUT2D eigenvalue weighted by atomic mass is 16.5. The van der Waals surface area contributed by atoms with E-state index in [-0.39, 0.29) is 0 Å². The van der Waals surface area contributed by atoms with Crippen molar-refractivity contribution in [1.82, 2.24) is 10.2 Å². The fourth-order valence-electron chi connectivity index (χ4n) is 2.59. The van der Waals surface area contributed by atoms with Crippen LogP contribution in [0.4, 0.5) is 0 Å². The molecule has 4 heteroatoms. The number of nitrogens with zero attached hydrogens (tertiary/aromatic N) is 1. The van der Waals surface area contributed by atoms with Gasteiger partial charge < -0.3 is 15.0 Å². The topological polar surface area (TPSA) is 41.6 Å². The molecule has 0 aromatic heterocycles. The molecule has 20 heavy (non-hydrogen) atoms. The molecule has 0 radical (unpaired) electrons. The maximum absolute atomic E-state index is 12.4. The lowest BCUT2D eigenvalue weighted by atomic mass is 9.98. The average molecular weight is 274 g/mol. The fourth-order valence-corrected chi connectivity index (χ4v) is 2.59. The van der Waals surface area contributed by atoms with Gasteiger partial charge in [-0.1, -0.05) is 12.1 Å². The highest BCUT2D eigenvalue weighted by Gasteiger charge is 2.34. The molecule has 2 fully saturated rings. The number of benzene rings is 1. The van der Waals surface area contributed by atoms with E-state index < -0.39 is 0 Å². The van der Waals surface area contributed by atoms with Crippen LogP contribution in [0, 0.1) is 5.92 Å². The number of ether oxygens (including phenoxy) is 1. The summed E-state index contributed by atoms with van der Waals surface area (Å²) < 4.78 is 5.17. The Morgan fingerprint density at radius 3 is 2.50 bits per heavy atom. The number of hydrogen-bond acceptors (Lipinski definition) is 3. The van der Waals surface area contributed by atoms with E-state index >= 15 is 0 Å². The SMILES string of the molecule is COc1ccc(CN(C(=O)CC2CNC2)C2CC2)cc1. The average Bonchev–Trinajstić information content (AvgIpc) is 3.25. The third kappa shape index (κ3) is 3.12. The van der Waals surface area contributed by atoms with Gasteiger partial charge in [0.05, 0.1) is 7.11 Å². The highest BCUT2D eigenvalue weighted by molar-refractivity contribution is 5.77. The summed E-state index contributed by atoms with van der Waals surface area (Å²) in [5.74, 6) is 1.72. The molecule has 1 aliphatic heterocycles. The predicted molar refractivity (Wildman–Crippen MR) is 77.5 cm³/mol. The van der Waals surface area contributed by atoms with Gasteiger partial charge >= 0.3 is 0 Å². The van der Waals surface area contributed by atoms with Crippen molar-refractivity contribution in [3.05, 3.63) is 29.8 Å². The summed E-state index contributed by atoms with van der Waals surface area (Å²) in [6.45, 7) is 2.72. The predicted octanol–water partition coefficient (Wildman–Crippen LogP) is 1.80. The number of carbonyl (C=O) groups is 1. The number of rotatable bonds is 6. The molecule has 1 saturated carbocycles. The Labute approximate surface area is 120 Å². The van der Waals surface area contributed by atoms with Crippen LogP contribution in [0.1, 0.15) is 24.8 Å². The first kappa shape index (κ1) is 13.4. The first-order chi connectivity index (χ1) is 9.76. The zero-order valence-corrected chi connectivity index (χ0v) is 12.0. The van der Waals surface area contributed by atoms with E-state index in [1.54, 1.807) is 7.11 Å². The van der Waals surface area contributed by atoms with Crippen molar-refractivity contribution in [2.24, 2.45) is 5.92 Å². The van der Waals surface area contributed by atoms with Crippen LogP contribution < -0.4 is 10.1 Å². The number of methoxy groups -OCH3 is 1. The lowest BCUT2D eigenvalue weighted by Crippen LogP contribution is -2.45. The summed E-state index contributed by atoms with van der Waals surface area (Å²) in [6, 6.07) is 8.48. The largest absolute Gasteiger partial charge is 0.497 e. The van der Waals surface area contributed by atoms with Gasteiger partial charge in [-0.3, -0.25) is 4.79 Å². The van der Waals surface area contributed by atoms with Crippen LogP contribution >= 0.6 is 0 Å². The Bertz CT molecular complexity index is 464. The van der Waals surface area contributed by atoms with Gasteiger partial charge in [0.2, 0.25) is 5.91 Å². The Morgan fingerprint density at radius 2 is 2.00 bits per heavy atom. The maximum atomic E-state index is 12.4. The molecule has 0 bridgehead atoms. The molecule has 1 amide bonds. The van der Waals surface area contributed by atoms with Crippen molar-refractivity contribution < 1.29 is 9.53 Å². The van der Waals surface area contributed by atoms with Crippen molar-refractivity contribution in [2.75, 3.05) is 20.2 Å². The van der Waals surface area contributed by atoms with Crippen molar-refractivity contribution >= 4 is 5.91 Å². The molecule has 4 nitrogen and oxygen atoms in total. The second kappa shape index (κ2) is 5.83. The van der Waals surface area contributed by atoms with Crippen LogP contribution in [-0.4, -0.2) is 37.0 Å². The minimum Gasteiger partial charge on any atom is -0.497 e. The van der Waals surface area contributed by atoms with Crippen LogP contribution in [0.5, 0.6) is 5.75 Å². The van der Waals surface area contributed by atoms with Crippen LogP contribution in [0.15, 0.2) is 24.3 Å². The third-order valence-corrected chi connectivity index (χ3v) is 4.15. The van der Waals surface area contributed by atoms with E-state index in [1.165, 1.54) is 5.56 Å². The molecular weight excluding hydrogens is 252 g/mol. The van der Waals surface area contributed by atoms with E-state index in [1.807, 2.05) is 24.3 Å². The zero-order chi connectivity index (χ0) is 13.9. The van der Waals surface area contributed by atoms with Gasteiger partial charge in [-0.05, 0) is 49.5 Å². The van der Waals surface area contributed by atoms with Crippen LogP contribution in [0.3, 0.4) is 0 Å². The molecular formula is C16H22N2O2. The minimum atomic E-state index is 0.315. The molecule has 1 heterocycles. The first-order valence-electron chi connectivity index (χ1n) is 7.39. The molecule has 0 atom stereocenters. The Hall–Kier alpha value is -1.55. The second-order valence-corrected chi connectivity index (χ2v) is 5.83. The lowest BCUT2D eigenvalue weighted by molar-refractivity contribution is -0.133. The summed E-state index contributed by atoms with van der Waals surface area (Å²) in [4.78, 5) is 14.5. The van der Waals surface area contributed by atoms with E-state index in [0.29, 0.717) is 24.3 Å². The van der Waals surface area contributed by atoms with Crippen molar-refractivity contribution in [1.29, 1.82) is 0 Å². The normalized spacial score (nSPS) is 18.4. The monoisotopic (exact) mass is 274 g/mol. The lowest BCUT2D eigenvalue weighted by Gasteiger charge is -2.30. The van der Waals surface area contributed by atoms with Gasteiger partial charge in [0.15, 0.2) is 0 Å². The number of hydrogen-bond donors (Lipinski definition) is 1. The van der Waals surface area contributed by atoms with Crippen molar-refractivity contribution in [3.63, 3.8) is 0 Å². The quantitative estimate of drug-likeness (QED) is 0.860. The molecule has 1 aliphatic carbocycles. The highest BCUT2D eigenvalue weighted by Crippen LogP contribution is 2.30. The number of amides is 1. The van der Waals surface area contributed by atoms with Gasteiger partial charge in [0, 0.05) is 19.0 Å². The van der Waals surface area contributed by atoms with Gasteiger partial charge in [-0.2, -0.15) is 0 Å². The molecule has 1 aromatic carbocycles. The third-order valence-electron chi connectivity index (χ3n) is 4.15. The van der Waals surface area contributed by atoms with Crippen LogP contribution in [0.25, 0.3) is 0 Å². The zero-order valence-electron chi connectivity index (χ0n) is 12.0. The van der Waals surface area contributed by atoms with Crippen molar-refractivity contribution in [3.8, 4) is 5.75 Å². The minimum absolute atomic E-state index is 0.315. The molecule has 1 aromatic rings. The molecule has 2 aliphatic rings. The molecule has 3 rings (SSSR count). The van der Waals surface area contributed by atoms with E-state index in [2.05, 4.69) is 10.2 Å². The first-order valence-corrected chi connectivity index (χ1v) is 7.39. The van der Waals surface area contributed by atoms with E-state index in [4.69, 9.17) is 4.74 Å². The van der Waals surface area contributed by atoms with Crippen molar-refractivity contribution in [2.45, 2.75) is 31.8 Å². The number of nitrogens with one attached hydrogen (secondary N) is 1. The molecule has 0 spiro atoms. The van der Waals surface area contributed by atoms with Crippen LogP contribution in [-0.2, 0) is 11.3 Å². The van der Waals surface area contributed by atoms with Gasteiger partial charge in [0.1, 0.15) is 5.75 Å². The molecule has 1 N–H and O–H groups in total. The summed E-state index contributed by atoms with van der Waals surface area (Å²) in [7, 11) is 1.67. The van der Waals surface area contributed by atoms with Gasteiger partial charge in [-0.25, -0.2) is 0 Å². The summed E-state index contributed by atoms with van der Waals surface area (Å²) >= 11 is 0. The van der Waals surface area contributed by atoms with Gasteiger partial charge in [0.25, 0.3) is 0 Å². The smallest absolute Gasteiger partial charge is 0.223 e. The van der Waals surface area contributed by atoms with E-state index in [0.717, 1.165) is 38.2 Å². The second-order valence-electron chi connectivity index (χ2n) is 5.83. The summed E-state index contributed by atoms with van der Waals surface area (Å²) in [5.41, 5.74) is 1.18.